The molecule has 1 aromatic carbocycles. The van der Waals surface area contributed by atoms with Crippen LogP contribution in [0.25, 0.3) is 33.4 Å². The number of fused-ring (bicyclic) bond motifs is 1. The number of hydrogen-bond donors (Lipinski definition) is 2. The highest BCUT2D eigenvalue weighted by atomic mass is 16.5. The molecule has 25 heavy (non-hydrogen) atoms. The normalized spacial score (nSPS) is 11.5. The number of aryl methyl sites for hydroxylation is 4. The van der Waals surface area contributed by atoms with Gasteiger partial charge in [0.05, 0.1) is 28.6 Å². The molecular weight excluding hydrogens is 320 g/mol. The molecule has 3 heterocycles. The van der Waals surface area contributed by atoms with Crippen LogP contribution < -0.4 is 11.5 Å². The molecule has 0 aliphatic carbocycles. The number of imidazole rings is 1. The standard InChI is InChI=1S/C17H18N6O2/c1-8-7-19-22(4)16(8)12-5-11(14-9(2)21-25-10(14)3)6-13-15(12)20-17(24)23(13)18/h5-7H,18H2,1-4H3,(H,20,24). The average Bonchev–Trinajstić information content (AvgIpc) is 3.17. The topological polar surface area (TPSA) is 108 Å². The third-order valence-corrected chi connectivity index (χ3v) is 4.53. The summed E-state index contributed by atoms with van der Waals surface area (Å²) in [5, 5.41) is 8.34. The van der Waals surface area contributed by atoms with Crippen molar-refractivity contribution in [3.63, 3.8) is 0 Å². The lowest BCUT2D eigenvalue weighted by atomic mass is 9.98. The molecule has 0 aliphatic heterocycles. The zero-order chi connectivity index (χ0) is 17.9. The number of aromatic nitrogens is 5. The molecule has 0 spiro atoms. The van der Waals surface area contributed by atoms with Crippen molar-refractivity contribution in [3.8, 4) is 22.4 Å². The van der Waals surface area contributed by atoms with Crippen molar-refractivity contribution in [2.75, 3.05) is 5.84 Å². The first-order chi connectivity index (χ1) is 11.9. The van der Waals surface area contributed by atoms with Crippen LogP contribution in [0, 0.1) is 20.8 Å². The fraction of sp³-hybridized carbons (Fsp3) is 0.235. The average molecular weight is 338 g/mol. The minimum atomic E-state index is -0.369. The number of hydrogen-bond acceptors (Lipinski definition) is 5. The van der Waals surface area contributed by atoms with E-state index in [-0.39, 0.29) is 5.69 Å². The van der Waals surface area contributed by atoms with E-state index in [0.717, 1.165) is 38.3 Å². The Bertz CT molecular complexity index is 1140. The fourth-order valence-electron chi connectivity index (χ4n) is 3.38. The van der Waals surface area contributed by atoms with Gasteiger partial charge in [0, 0.05) is 18.2 Å². The minimum Gasteiger partial charge on any atom is -0.361 e. The van der Waals surface area contributed by atoms with Gasteiger partial charge in [0.1, 0.15) is 5.76 Å². The van der Waals surface area contributed by atoms with Gasteiger partial charge in [-0.15, -0.1) is 0 Å². The molecule has 4 rings (SSSR count). The van der Waals surface area contributed by atoms with Crippen LogP contribution in [0.3, 0.4) is 0 Å². The smallest absolute Gasteiger partial charge is 0.344 e. The van der Waals surface area contributed by atoms with Crippen molar-refractivity contribution >= 4 is 11.0 Å². The maximum atomic E-state index is 12.1. The van der Waals surface area contributed by atoms with Crippen molar-refractivity contribution < 1.29 is 4.52 Å². The second-order valence-electron chi connectivity index (χ2n) is 6.22. The second-order valence-corrected chi connectivity index (χ2v) is 6.22. The third-order valence-electron chi connectivity index (χ3n) is 4.53. The first kappa shape index (κ1) is 15.3. The van der Waals surface area contributed by atoms with Crippen molar-refractivity contribution in [1.29, 1.82) is 0 Å². The fourth-order valence-corrected chi connectivity index (χ4v) is 3.38. The van der Waals surface area contributed by atoms with Crippen molar-refractivity contribution in [2.45, 2.75) is 20.8 Å². The summed E-state index contributed by atoms with van der Waals surface area (Å²) in [6, 6.07) is 3.88. The summed E-state index contributed by atoms with van der Waals surface area (Å²) in [5.74, 6) is 6.66. The second kappa shape index (κ2) is 5.10. The first-order valence-corrected chi connectivity index (χ1v) is 7.84. The molecule has 0 saturated heterocycles. The predicted molar refractivity (Wildman–Crippen MR) is 94.6 cm³/mol. The van der Waals surface area contributed by atoms with E-state index in [0.29, 0.717) is 16.8 Å². The Balaban J connectivity index is 2.15. The van der Waals surface area contributed by atoms with Crippen LogP contribution in [0.5, 0.6) is 0 Å². The highest BCUT2D eigenvalue weighted by Crippen LogP contribution is 2.35. The Morgan fingerprint density at radius 2 is 2.00 bits per heavy atom. The van der Waals surface area contributed by atoms with Gasteiger partial charge in [0.15, 0.2) is 0 Å². The summed E-state index contributed by atoms with van der Waals surface area (Å²) in [7, 11) is 1.87. The monoisotopic (exact) mass is 338 g/mol. The number of nitrogens with two attached hydrogens (primary N) is 1. The Hall–Kier alpha value is -3.29. The van der Waals surface area contributed by atoms with Crippen LogP contribution in [0.2, 0.25) is 0 Å². The van der Waals surface area contributed by atoms with Gasteiger partial charge in [0.2, 0.25) is 0 Å². The van der Waals surface area contributed by atoms with Crippen molar-refractivity contribution in [1.82, 2.24) is 24.6 Å². The minimum absolute atomic E-state index is 0.369. The number of nitrogens with one attached hydrogen (secondary N) is 1. The van der Waals surface area contributed by atoms with Crippen molar-refractivity contribution in [3.05, 3.63) is 45.8 Å². The van der Waals surface area contributed by atoms with Gasteiger partial charge >= 0.3 is 5.69 Å². The predicted octanol–water partition coefficient (Wildman–Crippen LogP) is 2.02. The van der Waals surface area contributed by atoms with Gasteiger partial charge in [-0.25, -0.2) is 9.47 Å². The van der Waals surface area contributed by atoms with E-state index in [1.54, 1.807) is 10.9 Å². The number of nitrogen functional groups attached to an aromatic ring is 1. The molecule has 4 aromatic rings. The molecule has 0 saturated carbocycles. The molecule has 0 aliphatic rings. The van der Waals surface area contributed by atoms with Gasteiger partial charge in [0.25, 0.3) is 0 Å². The van der Waals surface area contributed by atoms with Gasteiger partial charge in [-0.05, 0) is 44.0 Å². The van der Waals surface area contributed by atoms with E-state index in [1.807, 2.05) is 40.0 Å². The number of nitrogens with zero attached hydrogens (tertiary/aromatic N) is 4. The molecule has 3 N–H and O–H groups in total. The van der Waals surface area contributed by atoms with Crippen LogP contribution >= 0.6 is 0 Å². The summed E-state index contributed by atoms with van der Waals surface area (Å²) >= 11 is 0. The number of H-pyrrole nitrogens is 1. The summed E-state index contributed by atoms with van der Waals surface area (Å²) in [6.45, 7) is 5.73. The van der Waals surface area contributed by atoms with E-state index in [9.17, 15) is 4.79 Å². The lowest BCUT2D eigenvalue weighted by Gasteiger charge is -2.10. The highest BCUT2D eigenvalue weighted by molar-refractivity contribution is 5.96. The molecule has 8 nitrogen and oxygen atoms in total. The van der Waals surface area contributed by atoms with Crippen LogP contribution in [0.15, 0.2) is 27.6 Å². The van der Waals surface area contributed by atoms with Crippen LogP contribution in [0.4, 0.5) is 0 Å². The Kier molecular flexibility index (Phi) is 3.11. The molecule has 8 heteroatoms. The first-order valence-electron chi connectivity index (χ1n) is 7.84. The summed E-state index contributed by atoms with van der Waals surface area (Å²) in [4.78, 5) is 14.9. The Morgan fingerprint density at radius 1 is 1.24 bits per heavy atom. The lowest BCUT2D eigenvalue weighted by Crippen LogP contribution is -2.23. The molecule has 0 atom stereocenters. The van der Waals surface area contributed by atoms with Gasteiger partial charge in [-0.3, -0.25) is 4.68 Å². The van der Waals surface area contributed by atoms with Gasteiger partial charge in [-0.2, -0.15) is 5.10 Å². The van der Waals surface area contributed by atoms with E-state index in [4.69, 9.17) is 10.4 Å². The van der Waals surface area contributed by atoms with Crippen molar-refractivity contribution in [2.24, 2.45) is 7.05 Å². The van der Waals surface area contributed by atoms with E-state index >= 15 is 0 Å². The maximum absolute atomic E-state index is 12.1. The molecule has 0 unspecified atom stereocenters. The molecule has 0 amide bonds. The van der Waals surface area contributed by atoms with E-state index in [1.165, 1.54) is 0 Å². The summed E-state index contributed by atoms with van der Waals surface area (Å²) in [5.41, 5.74) is 6.26. The van der Waals surface area contributed by atoms with Crippen LogP contribution in [0.1, 0.15) is 17.0 Å². The quantitative estimate of drug-likeness (QED) is 0.544. The Labute approximate surface area is 142 Å². The van der Waals surface area contributed by atoms with Gasteiger partial charge < -0.3 is 15.3 Å². The van der Waals surface area contributed by atoms with E-state index in [2.05, 4.69) is 15.2 Å². The number of rotatable bonds is 2. The zero-order valence-corrected chi connectivity index (χ0v) is 14.4. The molecule has 0 fully saturated rings. The molecule has 3 aromatic heterocycles. The van der Waals surface area contributed by atoms with E-state index < -0.39 is 0 Å². The molecule has 128 valence electrons. The maximum Gasteiger partial charge on any atom is 0.344 e. The van der Waals surface area contributed by atoms with Crippen LogP contribution in [-0.2, 0) is 7.05 Å². The largest absolute Gasteiger partial charge is 0.361 e. The summed E-state index contributed by atoms with van der Waals surface area (Å²) < 4.78 is 8.20. The zero-order valence-electron chi connectivity index (χ0n) is 14.4. The number of benzene rings is 1. The molecule has 0 bridgehead atoms. The SMILES string of the molecule is Cc1cnn(C)c1-c1cc(-c2c(C)noc2C)cc2c1[nH]c(=O)n2N. The number of aromatic amines is 1. The van der Waals surface area contributed by atoms with Crippen LogP contribution in [-0.4, -0.2) is 24.6 Å². The molecular formula is C17H18N6O2. The van der Waals surface area contributed by atoms with Gasteiger partial charge in [-0.1, -0.05) is 5.16 Å². The third kappa shape index (κ3) is 2.10. The Morgan fingerprint density at radius 3 is 2.60 bits per heavy atom. The lowest BCUT2D eigenvalue weighted by molar-refractivity contribution is 0.393. The summed E-state index contributed by atoms with van der Waals surface area (Å²) in [6.07, 6.45) is 1.79. The molecule has 0 radical (unpaired) electrons. The highest BCUT2D eigenvalue weighted by Gasteiger charge is 2.20.